The molecule has 1 unspecified atom stereocenters. The minimum Gasteiger partial charge on any atom is -0.377 e. The number of halogens is 2. The molecule has 0 fully saturated rings. The fourth-order valence-corrected chi connectivity index (χ4v) is 2.70. The van der Waals surface area contributed by atoms with Gasteiger partial charge in [-0.1, -0.05) is 29.3 Å². The third kappa shape index (κ3) is 2.31. The van der Waals surface area contributed by atoms with Crippen LogP contribution in [0.15, 0.2) is 36.5 Å². The van der Waals surface area contributed by atoms with Gasteiger partial charge in [-0.25, -0.2) is 4.98 Å². The lowest BCUT2D eigenvalue weighted by Crippen LogP contribution is -2.07. The molecule has 0 spiro atoms. The smallest absolute Gasteiger partial charge is 0.129 e. The van der Waals surface area contributed by atoms with Crippen molar-refractivity contribution in [1.29, 1.82) is 0 Å². The van der Waals surface area contributed by atoms with Gasteiger partial charge in [0.1, 0.15) is 5.15 Å². The predicted molar refractivity (Wildman–Crippen MR) is 75.4 cm³/mol. The Labute approximate surface area is 116 Å². The molecule has 0 saturated carbocycles. The fraction of sp³-hybridized carbons (Fsp3) is 0.214. The number of hydrogen-bond donors (Lipinski definition) is 1. The zero-order valence-electron chi connectivity index (χ0n) is 9.66. The Bertz CT molecular complexity index is 567. The van der Waals surface area contributed by atoms with Crippen molar-refractivity contribution >= 4 is 28.9 Å². The van der Waals surface area contributed by atoms with E-state index in [2.05, 4.69) is 22.4 Å². The molecule has 1 aliphatic carbocycles. The molecule has 0 bridgehead atoms. The van der Waals surface area contributed by atoms with Crippen LogP contribution in [-0.4, -0.2) is 4.98 Å². The maximum absolute atomic E-state index is 6.00. The standard InChI is InChI=1S/C14H12Cl2N2/c15-10-2-4-12-9(7-10)1-5-13(12)18-11-3-6-14(16)17-8-11/h2-4,6-8,13,18H,1,5H2. The first-order chi connectivity index (χ1) is 8.72. The third-order valence-electron chi connectivity index (χ3n) is 3.25. The lowest BCUT2D eigenvalue weighted by Gasteiger charge is -2.15. The summed E-state index contributed by atoms with van der Waals surface area (Å²) in [6, 6.07) is 10.2. The molecule has 2 nitrogen and oxygen atoms in total. The summed E-state index contributed by atoms with van der Waals surface area (Å²) in [6.45, 7) is 0. The van der Waals surface area contributed by atoms with E-state index < -0.39 is 0 Å². The highest BCUT2D eigenvalue weighted by atomic mass is 35.5. The Morgan fingerprint density at radius 3 is 2.83 bits per heavy atom. The summed E-state index contributed by atoms with van der Waals surface area (Å²) < 4.78 is 0. The zero-order chi connectivity index (χ0) is 12.5. The van der Waals surface area contributed by atoms with Crippen LogP contribution in [0.1, 0.15) is 23.6 Å². The molecule has 0 saturated heterocycles. The monoisotopic (exact) mass is 278 g/mol. The van der Waals surface area contributed by atoms with Gasteiger partial charge in [0.05, 0.1) is 17.9 Å². The summed E-state index contributed by atoms with van der Waals surface area (Å²) in [5, 5.41) is 4.80. The van der Waals surface area contributed by atoms with Crippen LogP contribution in [-0.2, 0) is 6.42 Å². The Kier molecular flexibility index (Phi) is 3.14. The van der Waals surface area contributed by atoms with Crippen LogP contribution in [0.25, 0.3) is 0 Å². The fourth-order valence-electron chi connectivity index (χ4n) is 2.40. The van der Waals surface area contributed by atoms with Gasteiger partial charge < -0.3 is 5.32 Å². The second-order valence-corrected chi connectivity index (χ2v) is 5.27. The van der Waals surface area contributed by atoms with Gasteiger partial charge in [0.15, 0.2) is 0 Å². The second kappa shape index (κ2) is 4.79. The predicted octanol–water partition coefficient (Wildman–Crippen LogP) is 4.49. The molecule has 0 aliphatic heterocycles. The summed E-state index contributed by atoms with van der Waals surface area (Å²) in [4.78, 5) is 4.07. The summed E-state index contributed by atoms with van der Waals surface area (Å²) in [7, 11) is 0. The molecular formula is C14H12Cl2N2. The van der Waals surface area contributed by atoms with E-state index in [1.165, 1.54) is 11.1 Å². The van der Waals surface area contributed by atoms with Crippen molar-refractivity contribution in [3.05, 3.63) is 57.8 Å². The molecule has 1 aliphatic rings. The van der Waals surface area contributed by atoms with E-state index in [-0.39, 0.29) is 0 Å². The molecule has 4 heteroatoms. The Morgan fingerprint density at radius 2 is 2.06 bits per heavy atom. The Morgan fingerprint density at radius 1 is 1.17 bits per heavy atom. The van der Waals surface area contributed by atoms with Crippen LogP contribution in [0.5, 0.6) is 0 Å². The largest absolute Gasteiger partial charge is 0.377 e. The van der Waals surface area contributed by atoms with Gasteiger partial charge in [-0.3, -0.25) is 0 Å². The van der Waals surface area contributed by atoms with Gasteiger partial charge in [-0.05, 0) is 48.2 Å². The van der Waals surface area contributed by atoms with Crippen molar-refractivity contribution < 1.29 is 0 Å². The number of fused-ring (bicyclic) bond motifs is 1. The van der Waals surface area contributed by atoms with E-state index in [9.17, 15) is 0 Å². The van der Waals surface area contributed by atoms with E-state index in [4.69, 9.17) is 23.2 Å². The van der Waals surface area contributed by atoms with Crippen LogP contribution in [0.3, 0.4) is 0 Å². The number of pyridine rings is 1. The number of nitrogens with zero attached hydrogens (tertiary/aromatic N) is 1. The highest BCUT2D eigenvalue weighted by Gasteiger charge is 2.22. The third-order valence-corrected chi connectivity index (χ3v) is 3.71. The number of hydrogen-bond acceptors (Lipinski definition) is 2. The average molecular weight is 279 g/mol. The molecule has 0 amide bonds. The van der Waals surface area contributed by atoms with E-state index >= 15 is 0 Å². The Hall–Kier alpha value is -1.25. The highest BCUT2D eigenvalue weighted by molar-refractivity contribution is 6.30. The van der Waals surface area contributed by atoms with E-state index in [0.717, 1.165) is 23.6 Å². The summed E-state index contributed by atoms with van der Waals surface area (Å²) >= 11 is 11.8. The molecule has 92 valence electrons. The van der Waals surface area contributed by atoms with Crippen LogP contribution in [0, 0.1) is 0 Å². The van der Waals surface area contributed by atoms with Crippen molar-refractivity contribution in [3.8, 4) is 0 Å². The van der Waals surface area contributed by atoms with Crippen LogP contribution in [0.2, 0.25) is 10.2 Å². The molecule has 1 atom stereocenters. The van der Waals surface area contributed by atoms with Gasteiger partial charge in [0.25, 0.3) is 0 Å². The van der Waals surface area contributed by atoms with Crippen molar-refractivity contribution in [2.45, 2.75) is 18.9 Å². The SMILES string of the molecule is Clc1ccc2c(c1)CCC2Nc1ccc(Cl)nc1. The molecule has 1 heterocycles. The minimum absolute atomic E-state index is 0.334. The topological polar surface area (TPSA) is 24.9 Å². The zero-order valence-corrected chi connectivity index (χ0v) is 11.2. The lowest BCUT2D eigenvalue weighted by atomic mass is 10.1. The Balaban J connectivity index is 1.82. The van der Waals surface area contributed by atoms with E-state index in [1.54, 1.807) is 12.3 Å². The van der Waals surface area contributed by atoms with Gasteiger partial charge in [0.2, 0.25) is 0 Å². The summed E-state index contributed by atoms with van der Waals surface area (Å²) in [5.74, 6) is 0. The number of aryl methyl sites for hydroxylation is 1. The molecule has 2 aromatic rings. The van der Waals surface area contributed by atoms with Crippen LogP contribution < -0.4 is 5.32 Å². The average Bonchev–Trinajstić information content (AvgIpc) is 2.74. The molecule has 3 rings (SSSR count). The minimum atomic E-state index is 0.334. The van der Waals surface area contributed by atoms with Crippen LogP contribution in [0.4, 0.5) is 5.69 Å². The first-order valence-electron chi connectivity index (χ1n) is 5.89. The van der Waals surface area contributed by atoms with Gasteiger partial charge in [0, 0.05) is 5.02 Å². The van der Waals surface area contributed by atoms with Gasteiger partial charge >= 0.3 is 0 Å². The van der Waals surface area contributed by atoms with Crippen molar-refractivity contribution in [2.24, 2.45) is 0 Å². The second-order valence-electron chi connectivity index (χ2n) is 4.45. The molecule has 18 heavy (non-hydrogen) atoms. The highest BCUT2D eigenvalue weighted by Crippen LogP contribution is 2.35. The van der Waals surface area contributed by atoms with E-state index in [0.29, 0.717) is 11.2 Å². The summed E-state index contributed by atoms with van der Waals surface area (Å²) in [5.41, 5.74) is 3.66. The number of benzene rings is 1. The maximum Gasteiger partial charge on any atom is 0.129 e. The number of nitrogens with one attached hydrogen (secondary N) is 1. The molecule has 1 aromatic carbocycles. The van der Waals surface area contributed by atoms with Crippen molar-refractivity contribution in [3.63, 3.8) is 0 Å². The maximum atomic E-state index is 6.00. The van der Waals surface area contributed by atoms with Gasteiger partial charge in [-0.2, -0.15) is 0 Å². The number of aromatic nitrogens is 1. The van der Waals surface area contributed by atoms with Gasteiger partial charge in [-0.15, -0.1) is 0 Å². The normalized spacial score (nSPS) is 17.6. The first-order valence-corrected chi connectivity index (χ1v) is 6.64. The molecule has 0 radical (unpaired) electrons. The quantitative estimate of drug-likeness (QED) is 0.819. The number of rotatable bonds is 2. The first kappa shape index (κ1) is 11.8. The van der Waals surface area contributed by atoms with Crippen LogP contribution >= 0.6 is 23.2 Å². The molecule has 1 N–H and O–H groups in total. The number of anilines is 1. The summed E-state index contributed by atoms with van der Waals surface area (Å²) in [6.07, 6.45) is 3.91. The van der Waals surface area contributed by atoms with Crippen molar-refractivity contribution in [1.82, 2.24) is 4.98 Å². The van der Waals surface area contributed by atoms with Crippen molar-refractivity contribution in [2.75, 3.05) is 5.32 Å². The molecular weight excluding hydrogens is 267 g/mol. The molecule has 1 aromatic heterocycles. The van der Waals surface area contributed by atoms with E-state index in [1.807, 2.05) is 12.1 Å². The lowest BCUT2D eigenvalue weighted by molar-refractivity contribution is 0.761.